The maximum Gasteiger partial charge on any atom is 0.311 e. The second-order valence-corrected chi connectivity index (χ2v) is 14.2. The van der Waals surface area contributed by atoms with Crippen molar-refractivity contribution in [1.82, 2.24) is 0 Å². The molecule has 2 aliphatic rings. The molecule has 2 heterocycles. The minimum absolute atomic E-state index is 0.0261. The summed E-state index contributed by atoms with van der Waals surface area (Å²) in [5.74, 6) is -5.91. The van der Waals surface area contributed by atoms with Gasteiger partial charge < -0.3 is 55.7 Å². The van der Waals surface area contributed by atoms with Crippen molar-refractivity contribution in [3.8, 4) is 0 Å². The maximum atomic E-state index is 13.0. The number of esters is 1. The van der Waals surface area contributed by atoms with E-state index in [1.54, 1.807) is 43.4 Å². The van der Waals surface area contributed by atoms with E-state index in [0.717, 1.165) is 6.42 Å². The molecule has 0 aliphatic carbocycles. The lowest BCUT2D eigenvalue weighted by molar-refractivity contribution is -0.277. The van der Waals surface area contributed by atoms with Gasteiger partial charge in [0.05, 0.1) is 54.7 Å². The fraction of sp³-hybridized carbons (Fsp3) is 0.692. The first-order chi connectivity index (χ1) is 25.6. The van der Waals surface area contributed by atoms with Gasteiger partial charge in [0.2, 0.25) is 0 Å². The molecule has 13 unspecified atom stereocenters. The Morgan fingerprint density at radius 2 is 1.52 bits per heavy atom. The Hall–Kier alpha value is -3.12. The molecule has 0 spiro atoms. The van der Waals surface area contributed by atoms with Crippen LogP contribution in [0.2, 0.25) is 0 Å². The van der Waals surface area contributed by atoms with Crippen LogP contribution in [0.5, 0.6) is 0 Å². The number of aliphatic carboxylic acids is 1. The van der Waals surface area contributed by atoms with Gasteiger partial charge >= 0.3 is 11.9 Å². The van der Waals surface area contributed by atoms with Crippen molar-refractivity contribution < 1.29 is 69.1 Å². The minimum atomic E-state index is -1.84. The van der Waals surface area contributed by atoms with Crippen molar-refractivity contribution in [1.29, 1.82) is 0 Å². The highest BCUT2D eigenvalue weighted by Crippen LogP contribution is 2.26. The first kappa shape index (κ1) is 47.0. The molecule has 0 bridgehead atoms. The number of Topliss-reactive ketones (excluding diaryl/α,β-unsaturated/α-hetero) is 2. The third-order valence-electron chi connectivity index (χ3n) is 9.64. The lowest BCUT2D eigenvalue weighted by Crippen LogP contribution is -2.61. The molecule has 2 rings (SSSR count). The second-order valence-electron chi connectivity index (χ2n) is 14.2. The van der Waals surface area contributed by atoms with E-state index in [4.69, 9.17) is 19.9 Å². The normalized spacial score (nSPS) is 36.6. The monoisotopic (exact) mass is 767 g/mol. The lowest BCUT2D eigenvalue weighted by atomic mass is 9.88. The number of allylic oxidation sites excluding steroid dienone is 6. The largest absolute Gasteiger partial charge is 0.481 e. The van der Waals surface area contributed by atoms with E-state index in [1.807, 2.05) is 13.0 Å². The predicted molar refractivity (Wildman–Crippen MR) is 196 cm³/mol. The number of nitrogens with two attached hydrogens (primary N) is 1. The summed E-state index contributed by atoms with van der Waals surface area (Å²) in [6.45, 7) is 5.21. The molecule has 15 heteroatoms. The van der Waals surface area contributed by atoms with E-state index in [0.29, 0.717) is 12.8 Å². The van der Waals surface area contributed by atoms with Crippen LogP contribution in [0.4, 0.5) is 0 Å². The van der Waals surface area contributed by atoms with Crippen LogP contribution in [0.15, 0.2) is 48.6 Å². The number of ketones is 2. The number of rotatable bonds is 6. The summed E-state index contributed by atoms with van der Waals surface area (Å²) >= 11 is 0. The number of aliphatic hydroxyl groups is 6. The number of carboxylic acids is 1. The molecular formula is C39H61NO14. The highest BCUT2D eigenvalue weighted by atomic mass is 16.7. The number of hydrogen-bond acceptors (Lipinski definition) is 14. The van der Waals surface area contributed by atoms with Crippen LogP contribution in [-0.4, -0.2) is 127 Å². The van der Waals surface area contributed by atoms with Gasteiger partial charge in [-0.1, -0.05) is 68.9 Å². The molecule has 0 aromatic carbocycles. The van der Waals surface area contributed by atoms with Crippen LogP contribution in [0.25, 0.3) is 0 Å². The number of cyclic esters (lactones) is 1. The van der Waals surface area contributed by atoms with E-state index in [1.165, 1.54) is 13.0 Å². The molecule has 0 saturated carbocycles. The van der Waals surface area contributed by atoms with Gasteiger partial charge in [-0.15, -0.1) is 0 Å². The average Bonchev–Trinajstić information content (AvgIpc) is 3.08. The fourth-order valence-electron chi connectivity index (χ4n) is 6.47. The van der Waals surface area contributed by atoms with Gasteiger partial charge in [-0.2, -0.15) is 0 Å². The van der Waals surface area contributed by atoms with Crippen molar-refractivity contribution in [2.45, 2.75) is 159 Å². The molecule has 0 radical (unpaired) electrons. The summed E-state index contributed by atoms with van der Waals surface area (Å²) in [7, 11) is 0. The second kappa shape index (κ2) is 24.4. The van der Waals surface area contributed by atoms with Gasteiger partial charge in [0, 0.05) is 38.5 Å². The predicted octanol–water partition coefficient (Wildman–Crippen LogP) is 1.55. The van der Waals surface area contributed by atoms with E-state index in [9.17, 15) is 54.9 Å². The highest BCUT2D eigenvalue weighted by Gasteiger charge is 2.43. The zero-order valence-electron chi connectivity index (χ0n) is 31.5. The summed E-state index contributed by atoms with van der Waals surface area (Å²) in [4.78, 5) is 50.6. The molecule has 2 aliphatic heterocycles. The molecule has 1 saturated heterocycles. The smallest absolute Gasteiger partial charge is 0.311 e. The molecule has 15 nitrogen and oxygen atoms in total. The highest BCUT2D eigenvalue weighted by molar-refractivity contribution is 5.81. The Bertz CT molecular complexity index is 1300. The van der Waals surface area contributed by atoms with E-state index < -0.39 is 116 Å². The first-order valence-electron chi connectivity index (χ1n) is 18.9. The van der Waals surface area contributed by atoms with Gasteiger partial charge in [-0.25, -0.2) is 0 Å². The van der Waals surface area contributed by atoms with Crippen molar-refractivity contribution >= 4 is 23.5 Å². The molecule has 1 fully saturated rings. The standard InChI is InChI=1S/C39H61NO14/c1-4-14-27-17-11-9-7-6-8-10-12-18-28(54-39-36(48)34(40)35(47)23(3)52-39)22-32(46)33(37(49)50)31(45)21-26(43)19-24(41)15-13-16-25(42)20-30(44)29(5-2)38(51)53-27/h6-12,18,23-24,27-36,39,41,44-48H,4-5,13-17,19-22,40H2,1-3H3,(H,49,50). The molecule has 0 amide bonds. The Labute approximate surface area is 317 Å². The van der Waals surface area contributed by atoms with Crippen molar-refractivity contribution in [2.75, 3.05) is 0 Å². The van der Waals surface area contributed by atoms with Crippen molar-refractivity contribution in [2.24, 2.45) is 17.6 Å². The number of aliphatic hydroxyl groups excluding tert-OH is 6. The summed E-state index contributed by atoms with van der Waals surface area (Å²) in [6, 6.07) is -1.12. The SMILES string of the molecule is CCCC1CC=CC=CC=CC=CC(OC2OC(C)C(O)C(N)C2O)CC(O)C(C(=O)O)C(O)CC(=O)CC(O)CCCC(=O)CC(O)C(CC)C(=O)O1. The molecule has 9 N–H and O–H groups in total. The van der Waals surface area contributed by atoms with Crippen LogP contribution < -0.4 is 5.73 Å². The quantitative estimate of drug-likeness (QED) is 0.178. The Morgan fingerprint density at radius 3 is 2.17 bits per heavy atom. The summed E-state index contributed by atoms with van der Waals surface area (Å²) in [6.07, 6.45) is 1.33. The Balaban J connectivity index is 2.34. The van der Waals surface area contributed by atoms with Gasteiger partial charge in [0.25, 0.3) is 0 Å². The summed E-state index contributed by atoms with van der Waals surface area (Å²) < 4.78 is 17.2. The third kappa shape index (κ3) is 15.9. The van der Waals surface area contributed by atoms with Crippen molar-refractivity contribution in [3.63, 3.8) is 0 Å². The Kier molecular flexibility index (Phi) is 21.3. The lowest BCUT2D eigenvalue weighted by Gasteiger charge is -2.41. The zero-order valence-corrected chi connectivity index (χ0v) is 31.5. The average molecular weight is 768 g/mol. The van der Waals surface area contributed by atoms with E-state index >= 15 is 0 Å². The Morgan fingerprint density at radius 1 is 0.870 bits per heavy atom. The molecule has 13 atom stereocenters. The molecule has 0 aromatic rings. The van der Waals surface area contributed by atoms with E-state index in [2.05, 4.69) is 0 Å². The van der Waals surface area contributed by atoms with Crippen LogP contribution in [0, 0.1) is 11.8 Å². The van der Waals surface area contributed by atoms with Crippen molar-refractivity contribution in [3.05, 3.63) is 48.6 Å². The van der Waals surface area contributed by atoms with Crippen LogP contribution in [0.3, 0.4) is 0 Å². The number of ether oxygens (including phenoxy) is 3. The van der Waals surface area contributed by atoms with Gasteiger partial charge in [-0.3, -0.25) is 19.2 Å². The number of carboxylic acid groups (broad SMARTS) is 1. The molecular weight excluding hydrogens is 706 g/mol. The van der Waals surface area contributed by atoms with Crippen LogP contribution >= 0.6 is 0 Å². The van der Waals surface area contributed by atoms with Gasteiger partial charge in [0.1, 0.15) is 29.7 Å². The molecule has 0 aromatic heterocycles. The van der Waals surface area contributed by atoms with E-state index in [-0.39, 0.29) is 37.9 Å². The third-order valence-corrected chi connectivity index (χ3v) is 9.64. The van der Waals surface area contributed by atoms with Crippen LogP contribution in [0.1, 0.15) is 91.4 Å². The van der Waals surface area contributed by atoms with Crippen LogP contribution in [-0.2, 0) is 33.4 Å². The number of hydrogen-bond donors (Lipinski definition) is 8. The topological polar surface area (TPSA) is 264 Å². The first-order valence-corrected chi connectivity index (χ1v) is 18.9. The summed E-state index contributed by atoms with van der Waals surface area (Å²) in [5, 5.41) is 73.7. The zero-order chi connectivity index (χ0) is 40.4. The maximum absolute atomic E-state index is 13.0. The molecule has 306 valence electrons. The molecule has 54 heavy (non-hydrogen) atoms. The number of carbonyl (C=O) groups is 4. The number of carbonyl (C=O) groups excluding carboxylic acids is 3. The fourth-order valence-corrected chi connectivity index (χ4v) is 6.47. The van der Waals surface area contributed by atoms with Gasteiger partial charge in [0.15, 0.2) is 6.29 Å². The minimum Gasteiger partial charge on any atom is -0.481 e. The summed E-state index contributed by atoms with van der Waals surface area (Å²) in [5.41, 5.74) is 5.94. The van der Waals surface area contributed by atoms with Gasteiger partial charge in [-0.05, 0) is 32.6 Å².